The fourth-order valence-corrected chi connectivity index (χ4v) is 4.41. The van der Waals surface area contributed by atoms with E-state index in [2.05, 4.69) is 10.6 Å². The van der Waals surface area contributed by atoms with Gasteiger partial charge in [0.2, 0.25) is 5.91 Å². The van der Waals surface area contributed by atoms with Gasteiger partial charge in [0.15, 0.2) is 0 Å². The third-order valence-electron chi connectivity index (χ3n) is 6.75. The molecule has 0 aliphatic carbocycles. The molecule has 1 atom stereocenters. The van der Waals surface area contributed by atoms with E-state index in [-0.39, 0.29) is 57.5 Å². The Labute approximate surface area is 243 Å². The lowest BCUT2D eigenvalue weighted by molar-refractivity contribution is -0.155. The van der Waals surface area contributed by atoms with Crippen LogP contribution >= 0.6 is 0 Å². The van der Waals surface area contributed by atoms with Gasteiger partial charge in [-0.05, 0) is 58.4 Å². The number of piperidine rings is 1. The average molecular weight is 577 g/mol. The van der Waals surface area contributed by atoms with E-state index in [4.69, 9.17) is 19.9 Å². The Morgan fingerprint density at radius 3 is 2.32 bits per heavy atom. The highest BCUT2D eigenvalue weighted by Gasteiger charge is 2.45. The molecule has 0 aromatic heterocycles. The Kier molecular flexibility index (Phi) is 13.9. The molecule has 1 saturated heterocycles. The zero-order valence-electron chi connectivity index (χ0n) is 25.0. The number of ether oxygens (including phenoxy) is 3. The first kappa shape index (κ1) is 33.9. The zero-order chi connectivity index (χ0) is 30.3. The summed E-state index contributed by atoms with van der Waals surface area (Å²) in [7, 11) is 0. The molecule has 0 radical (unpaired) electrons. The molecule has 11 heteroatoms. The van der Waals surface area contributed by atoms with Gasteiger partial charge in [-0.15, -0.1) is 0 Å². The number of rotatable bonds is 14. The second-order valence-electron chi connectivity index (χ2n) is 11.5. The predicted octanol–water partition coefficient (Wildman–Crippen LogP) is 4.03. The lowest BCUT2D eigenvalue weighted by atomic mass is 9.87. The molecule has 0 bridgehead atoms. The largest absolute Gasteiger partial charge is 0.464 e. The van der Waals surface area contributed by atoms with Gasteiger partial charge in [0.05, 0.1) is 6.61 Å². The van der Waals surface area contributed by atoms with Crippen molar-refractivity contribution >= 4 is 24.1 Å². The van der Waals surface area contributed by atoms with Crippen molar-refractivity contribution in [3.8, 4) is 0 Å². The van der Waals surface area contributed by atoms with Crippen LogP contribution < -0.4 is 16.4 Å². The lowest BCUT2D eigenvalue weighted by Gasteiger charge is -2.40. The van der Waals surface area contributed by atoms with Crippen LogP contribution in [0.15, 0.2) is 30.3 Å². The molecule has 0 spiro atoms. The molecular weight excluding hydrogens is 528 g/mol. The number of benzene rings is 1. The van der Waals surface area contributed by atoms with Gasteiger partial charge in [0, 0.05) is 32.1 Å². The predicted molar refractivity (Wildman–Crippen MR) is 155 cm³/mol. The van der Waals surface area contributed by atoms with E-state index in [1.807, 2.05) is 58.0 Å². The van der Waals surface area contributed by atoms with Gasteiger partial charge in [-0.3, -0.25) is 4.79 Å². The van der Waals surface area contributed by atoms with Crippen LogP contribution in [-0.4, -0.2) is 72.4 Å². The van der Waals surface area contributed by atoms with Gasteiger partial charge in [-0.2, -0.15) is 0 Å². The first-order chi connectivity index (χ1) is 19.4. The number of hydrogen-bond donors (Lipinski definition) is 3. The smallest absolute Gasteiger partial charge is 0.408 e. The summed E-state index contributed by atoms with van der Waals surface area (Å²) in [6.45, 7) is 8.80. The summed E-state index contributed by atoms with van der Waals surface area (Å²) in [4.78, 5) is 52.1. The van der Waals surface area contributed by atoms with Crippen molar-refractivity contribution in [3.05, 3.63) is 35.9 Å². The minimum atomic E-state index is -1.26. The monoisotopic (exact) mass is 576 g/mol. The Hall–Kier alpha value is -3.34. The van der Waals surface area contributed by atoms with Crippen molar-refractivity contribution in [2.45, 2.75) is 103 Å². The first-order valence-corrected chi connectivity index (χ1v) is 14.6. The van der Waals surface area contributed by atoms with E-state index in [1.165, 1.54) is 0 Å². The highest BCUT2D eigenvalue weighted by Crippen LogP contribution is 2.26. The molecule has 1 aliphatic heterocycles. The van der Waals surface area contributed by atoms with Crippen LogP contribution in [0.3, 0.4) is 0 Å². The standard InChI is InChI=1S/C30H48N4O7/c1-5-6-20-39-26(36)30(33-28(38)40-22-23-12-8-7-9-13-23)15-18-34(19-16-30)25(35)21-24(31)14-10-11-17-32-27(37)41-29(2,3)4/h7-9,12-13,24H,5-6,10-11,14-22,31H2,1-4H3,(H,32,37)(H,33,38)/t24-/m1/s1. The Morgan fingerprint density at radius 2 is 1.68 bits per heavy atom. The molecule has 0 unspecified atom stereocenters. The molecule has 1 aliphatic rings. The summed E-state index contributed by atoms with van der Waals surface area (Å²) >= 11 is 0. The van der Waals surface area contributed by atoms with Gasteiger partial charge in [-0.25, -0.2) is 14.4 Å². The molecule has 3 amide bonds. The van der Waals surface area contributed by atoms with E-state index in [0.717, 1.165) is 31.2 Å². The fraction of sp³-hybridized carbons (Fsp3) is 0.667. The van der Waals surface area contributed by atoms with Crippen molar-refractivity contribution in [3.63, 3.8) is 0 Å². The maximum Gasteiger partial charge on any atom is 0.408 e. The number of nitrogens with zero attached hydrogens (tertiary/aromatic N) is 1. The fourth-order valence-electron chi connectivity index (χ4n) is 4.41. The van der Waals surface area contributed by atoms with Crippen LogP contribution in [0.25, 0.3) is 0 Å². The third kappa shape index (κ3) is 12.8. The van der Waals surface area contributed by atoms with E-state index < -0.39 is 29.3 Å². The average Bonchev–Trinajstić information content (AvgIpc) is 2.91. The number of unbranched alkanes of at least 4 members (excludes halogenated alkanes) is 2. The Bertz CT molecular complexity index is 973. The minimum Gasteiger partial charge on any atom is -0.464 e. The quantitative estimate of drug-likeness (QED) is 0.171. The molecule has 1 fully saturated rings. The van der Waals surface area contributed by atoms with Crippen LogP contribution in [0.1, 0.15) is 84.6 Å². The number of hydrogen-bond acceptors (Lipinski definition) is 8. The first-order valence-electron chi connectivity index (χ1n) is 14.6. The van der Waals surface area contributed by atoms with Gasteiger partial charge in [-0.1, -0.05) is 50.1 Å². The second kappa shape index (κ2) is 16.8. The second-order valence-corrected chi connectivity index (χ2v) is 11.5. The lowest BCUT2D eigenvalue weighted by Crippen LogP contribution is -2.61. The maximum absolute atomic E-state index is 13.1. The molecular formula is C30H48N4O7. The van der Waals surface area contributed by atoms with E-state index in [0.29, 0.717) is 13.0 Å². The van der Waals surface area contributed by atoms with Gasteiger partial charge in [0.25, 0.3) is 0 Å². The van der Waals surface area contributed by atoms with E-state index in [9.17, 15) is 19.2 Å². The van der Waals surface area contributed by atoms with Crippen LogP contribution in [-0.2, 0) is 30.4 Å². The number of nitrogens with two attached hydrogens (primary N) is 1. The highest BCUT2D eigenvalue weighted by molar-refractivity contribution is 5.86. The Morgan fingerprint density at radius 1 is 1.00 bits per heavy atom. The van der Waals surface area contributed by atoms with E-state index >= 15 is 0 Å². The summed E-state index contributed by atoms with van der Waals surface area (Å²) in [6, 6.07) is 8.95. The number of alkyl carbamates (subject to hydrolysis) is 2. The van der Waals surface area contributed by atoms with Crippen molar-refractivity contribution in [2.75, 3.05) is 26.2 Å². The van der Waals surface area contributed by atoms with Crippen molar-refractivity contribution in [1.82, 2.24) is 15.5 Å². The summed E-state index contributed by atoms with van der Waals surface area (Å²) < 4.78 is 16.1. The van der Waals surface area contributed by atoms with Crippen LogP contribution in [0.4, 0.5) is 9.59 Å². The minimum absolute atomic E-state index is 0.0766. The van der Waals surface area contributed by atoms with Crippen molar-refractivity contribution in [2.24, 2.45) is 5.73 Å². The highest BCUT2D eigenvalue weighted by atomic mass is 16.6. The molecule has 1 aromatic carbocycles. The maximum atomic E-state index is 13.1. The molecule has 1 aromatic rings. The summed E-state index contributed by atoms with van der Waals surface area (Å²) in [5.74, 6) is -0.601. The number of carbonyl (C=O) groups is 4. The summed E-state index contributed by atoms with van der Waals surface area (Å²) in [5, 5.41) is 5.47. The number of esters is 1. The number of amides is 3. The van der Waals surface area contributed by atoms with Crippen LogP contribution in [0, 0.1) is 0 Å². The molecule has 2 rings (SSSR count). The Balaban J connectivity index is 1.82. The van der Waals surface area contributed by atoms with Gasteiger partial charge < -0.3 is 35.5 Å². The van der Waals surface area contributed by atoms with Crippen LogP contribution in [0.5, 0.6) is 0 Å². The molecule has 11 nitrogen and oxygen atoms in total. The zero-order valence-corrected chi connectivity index (χ0v) is 25.0. The summed E-state index contributed by atoms with van der Waals surface area (Å²) in [5.41, 5.74) is 5.24. The molecule has 0 saturated carbocycles. The molecule has 4 N–H and O–H groups in total. The molecule has 1 heterocycles. The number of nitrogens with one attached hydrogen (secondary N) is 2. The number of likely N-dealkylation sites (tertiary alicyclic amines) is 1. The number of carbonyl (C=O) groups excluding carboxylic acids is 4. The van der Waals surface area contributed by atoms with E-state index in [1.54, 1.807) is 4.90 Å². The van der Waals surface area contributed by atoms with Crippen molar-refractivity contribution < 1.29 is 33.4 Å². The molecule has 230 valence electrons. The summed E-state index contributed by atoms with van der Waals surface area (Å²) in [6.07, 6.45) is 3.17. The third-order valence-corrected chi connectivity index (χ3v) is 6.75. The normalized spacial score (nSPS) is 15.4. The van der Waals surface area contributed by atoms with Crippen LogP contribution in [0.2, 0.25) is 0 Å². The SMILES string of the molecule is CCCCOC(=O)C1(NC(=O)OCc2ccccc2)CCN(C(=O)C[C@H](N)CCCCNC(=O)OC(C)(C)C)CC1. The molecule has 41 heavy (non-hydrogen) atoms. The van der Waals surface area contributed by atoms with Gasteiger partial charge >= 0.3 is 18.2 Å². The topological polar surface area (TPSA) is 149 Å². The van der Waals surface area contributed by atoms with Crippen molar-refractivity contribution in [1.29, 1.82) is 0 Å². The van der Waals surface area contributed by atoms with Gasteiger partial charge in [0.1, 0.15) is 17.7 Å².